The lowest BCUT2D eigenvalue weighted by molar-refractivity contribution is -0.385. The van der Waals surface area contributed by atoms with Gasteiger partial charge in [0, 0.05) is 17.1 Å². The number of rotatable bonds is 5. The number of aromatic nitrogens is 2. The number of nitrogens with one attached hydrogen (secondary N) is 2. The molecule has 1 aliphatic heterocycles. The van der Waals surface area contributed by atoms with E-state index in [2.05, 4.69) is 48.3 Å². The van der Waals surface area contributed by atoms with Gasteiger partial charge in [0.15, 0.2) is 0 Å². The second-order valence-electron chi connectivity index (χ2n) is 8.19. The average Bonchev–Trinajstić information content (AvgIpc) is 2.52. The largest absolute Gasteiger partial charge is 0.434 e. The zero-order valence-electron chi connectivity index (χ0n) is 16.0. The van der Waals surface area contributed by atoms with Gasteiger partial charge in [-0.1, -0.05) is 18.2 Å². The first kappa shape index (κ1) is 19.0. The van der Waals surface area contributed by atoms with Crippen molar-refractivity contribution in [3.63, 3.8) is 0 Å². The second-order valence-corrected chi connectivity index (χ2v) is 8.19. The van der Waals surface area contributed by atoms with Crippen LogP contribution in [-0.2, 0) is 0 Å². The van der Waals surface area contributed by atoms with Crippen molar-refractivity contribution >= 4 is 11.5 Å². The molecule has 144 valence electrons. The Balaban J connectivity index is 1.89. The molecule has 1 fully saturated rings. The zero-order valence-corrected chi connectivity index (χ0v) is 16.0. The molecule has 3 rings (SSSR count). The van der Waals surface area contributed by atoms with Crippen molar-refractivity contribution < 1.29 is 9.66 Å². The summed E-state index contributed by atoms with van der Waals surface area (Å²) in [7, 11) is 0. The van der Waals surface area contributed by atoms with E-state index in [1.54, 1.807) is 24.3 Å². The standard InChI is InChI=1S/C19H25N5O3/c1-18(2)10-13(11-19(3,4)23-18)22-16-15(24(25)26)17(21-12-20-16)27-14-8-6-5-7-9-14/h5-9,12-13,23H,10-11H2,1-4H3,(H,20,21,22). The van der Waals surface area contributed by atoms with Crippen LogP contribution in [0.25, 0.3) is 0 Å². The lowest BCUT2D eigenvalue weighted by Gasteiger charge is -2.46. The van der Waals surface area contributed by atoms with Crippen LogP contribution in [0.3, 0.4) is 0 Å². The Bertz CT molecular complexity index is 807. The zero-order chi connectivity index (χ0) is 19.7. The van der Waals surface area contributed by atoms with Crippen molar-refractivity contribution in [1.29, 1.82) is 0 Å². The summed E-state index contributed by atoms with van der Waals surface area (Å²) in [5, 5.41) is 18.6. The van der Waals surface area contributed by atoms with Gasteiger partial charge in [-0.15, -0.1) is 0 Å². The molecule has 8 nitrogen and oxygen atoms in total. The van der Waals surface area contributed by atoms with Gasteiger partial charge in [0.2, 0.25) is 5.82 Å². The number of hydrogen-bond donors (Lipinski definition) is 2. The number of nitro groups is 1. The van der Waals surface area contributed by atoms with Gasteiger partial charge in [-0.2, -0.15) is 4.98 Å². The van der Waals surface area contributed by atoms with Crippen LogP contribution in [0.5, 0.6) is 11.6 Å². The molecule has 1 saturated heterocycles. The fourth-order valence-corrected chi connectivity index (χ4v) is 3.93. The van der Waals surface area contributed by atoms with E-state index in [-0.39, 0.29) is 34.5 Å². The van der Waals surface area contributed by atoms with E-state index in [4.69, 9.17) is 4.74 Å². The van der Waals surface area contributed by atoms with Crippen molar-refractivity contribution in [2.45, 2.75) is 57.7 Å². The third-order valence-electron chi connectivity index (χ3n) is 4.46. The molecule has 0 radical (unpaired) electrons. The van der Waals surface area contributed by atoms with Gasteiger partial charge in [0.1, 0.15) is 12.1 Å². The Kier molecular flexibility index (Phi) is 5.01. The maximum Gasteiger partial charge on any atom is 0.373 e. The lowest BCUT2D eigenvalue weighted by Crippen LogP contribution is -2.60. The summed E-state index contributed by atoms with van der Waals surface area (Å²) >= 11 is 0. The Morgan fingerprint density at radius 1 is 1.15 bits per heavy atom. The van der Waals surface area contributed by atoms with Crippen LogP contribution < -0.4 is 15.4 Å². The number of hydrogen-bond acceptors (Lipinski definition) is 7. The molecule has 0 amide bonds. The molecule has 2 N–H and O–H groups in total. The van der Waals surface area contributed by atoms with Crippen LogP contribution in [0.15, 0.2) is 36.7 Å². The number of ether oxygens (including phenoxy) is 1. The molecule has 0 aliphatic carbocycles. The van der Waals surface area contributed by atoms with E-state index in [0.29, 0.717) is 5.75 Å². The van der Waals surface area contributed by atoms with E-state index in [0.717, 1.165) is 12.8 Å². The van der Waals surface area contributed by atoms with Crippen molar-refractivity contribution in [2.24, 2.45) is 0 Å². The van der Waals surface area contributed by atoms with E-state index >= 15 is 0 Å². The highest BCUT2D eigenvalue weighted by Crippen LogP contribution is 2.36. The topological polar surface area (TPSA) is 102 Å². The van der Waals surface area contributed by atoms with Crippen molar-refractivity contribution in [3.8, 4) is 11.6 Å². The quantitative estimate of drug-likeness (QED) is 0.607. The van der Waals surface area contributed by atoms with Gasteiger partial charge in [0.05, 0.1) is 4.92 Å². The predicted molar refractivity (Wildman–Crippen MR) is 103 cm³/mol. The van der Waals surface area contributed by atoms with Crippen molar-refractivity contribution in [3.05, 3.63) is 46.8 Å². The number of piperidine rings is 1. The summed E-state index contributed by atoms with van der Waals surface area (Å²) in [4.78, 5) is 19.3. The summed E-state index contributed by atoms with van der Waals surface area (Å²) in [6, 6.07) is 8.90. The summed E-state index contributed by atoms with van der Waals surface area (Å²) in [6.45, 7) is 8.50. The minimum absolute atomic E-state index is 0.0365. The van der Waals surface area contributed by atoms with E-state index in [1.807, 2.05) is 6.07 Å². The second kappa shape index (κ2) is 7.11. The number of benzene rings is 1. The van der Waals surface area contributed by atoms with Crippen LogP contribution in [0, 0.1) is 10.1 Å². The molecule has 1 aromatic carbocycles. The molecule has 0 bridgehead atoms. The van der Waals surface area contributed by atoms with Crippen LogP contribution in [0.1, 0.15) is 40.5 Å². The van der Waals surface area contributed by atoms with Gasteiger partial charge in [-0.05, 0) is 52.7 Å². The lowest BCUT2D eigenvalue weighted by atomic mass is 9.79. The third-order valence-corrected chi connectivity index (χ3v) is 4.46. The molecule has 0 saturated carbocycles. The maximum absolute atomic E-state index is 11.7. The maximum atomic E-state index is 11.7. The van der Waals surface area contributed by atoms with Gasteiger partial charge in [-0.3, -0.25) is 10.1 Å². The Morgan fingerprint density at radius 3 is 2.37 bits per heavy atom. The Morgan fingerprint density at radius 2 is 1.78 bits per heavy atom. The Labute approximate surface area is 158 Å². The molecule has 8 heteroatoms. The first-order chi connectivity index (χ1) is 12.7. The summed E-state index contributed by atoms with van der Waals surface area (Å²) in [6.07, 6.45) is 2.91. The predicted octanol–water partition coefficient (Wildman–Crippen LogP) is 3.90. The van der Waals surface area contributed by atoms with Crippen molar-refractivity contribution in [2.75, 3.05) is 5.32 Å². The highest BCUT2D eigenvalue weighted by Gasteiger charge is 2.39. The van der Waals surface area contributed by atoms with Gasteiger partial charge in [0.25, 0.3) is 0 Å². The molecule has 0 spiro atoms. The normalized spacial score (nSPS) is 18.7. The molecule has 0 unspecified atom stereocenters. The van der Waals surface area contributed by atoms with Crippen molar-refractivity contribution in [1.82, 2.24) is 15.3 Å². The minimum Gasteiger partial charge on any atom is -0.434 e. The monoisotopic (exact) mass is 371 g/mol. The van der Waals surface area contributed by atoms with Gasteiger partial charge in [-0.25, -0.2) is 4.98 Å². The van der Waals surface area contributed by atoms with E-state index in [9.17, 15) is 10.1 Å². The summed E-state index contributed by atoms with van der Waals surface area (Å²) < 4.78 is 5.64. The fourth-order valence-electron chi connectivity index (χ4n) is 3.93. The third kappa shape index (κ3) is 4.71. The molecule has 27 heavy (non-hydrogen) atoms. The molecule has 2 aromatic rings. The summed E-state index contributed by atoms with van der Waals surface area (Å²) in [5.41, 5.74) is -0.439. The SMILES string of the molecule is CC1(C)CC(Nc2ncnc(Oc3ccccc3)c2[N+](=O)[O-])CC(C)(C)N1. The summed E-state index contributed by atoms with van der Waals surface area (Å²) in [5.74, 6) is 0.588. The van der Waals surface area contributed by atoms with Crippen LogP contribution >= 0.6 is 0 Å². The molecule has 1 aromatic heterocycles. The molecular formula is C19H25N5O3. The first-order valence-electron chi connectivity index (χ1n) is 8.93. The number of nitrogens with zero attached hydrogens (tertiary/aromatic N) is 3. The van der Waals surface area contributed by atoms with E-state index < -0.39 is 4.92 Å². The number of para-hydroxylation sites is 1. The van der Waals surface area contributed by atoms with E-state index in [1.165, 1.54) is 6.33 Å². The van der Waals surface area contributed by atoms with Gasteiger partial charge >= 0.3 is 11.6 Å². The van der Waals surface area contributed by atoms with Gasteiger partial charge < -0.3 is 15.4 Å². The fraction of sp³-hybridized carbons (Fsp3) is 0.474. The van der Waals surface area contributed by atoms with Crippen LogP contribution in [-0.4, -0.2) is 32.0 Å². The molecular weight excluding hydrogens is 346 g/mol. The molecule has 0 atom stereocenters. The average molecular weight is 371 g/mol. The number of anilines is 1. The van der Waals surface area contributed by atoms with Crippen LogP contribution in [0.4, 0.5) is 11.5 Å². The highest BCUT2D eigenvalue weighted by atomic mass is 16.6. The minimum atomic E-state index is -0.502. The Hall–Kier alpha value is -2.74. The highest BCUT2D eigenvalue weighted by molar-refractivity contribution is 5.62. The smallest absolute Gasteiger partial charge is 0.373 e. The molecule has 1 aliphatic rings. The van der Waals surface area contributed by atoms with Crippen LogP contribution in [0.2, 0.25) is 0 Å². The molecule has 2 heterocycles. The first-order valence-corrected chi connectivity index (χ1v) is 8.93.